The monoisotopic (exact) mass is 257 g/mol. The van der Waals surface area contributed by atoms with E-state index in [0.29, 0.717) is 12.0 Å². The molecule has 100 valence electrons. The third kappa shape index (κ3) is 3.62. The second-order valence-corrected chi connectivity index (χ2v) is 7.28. The molecule has 3 unspecified atom stereocenters. The fourth-order valence-corrected chi connectivity index (χ4v) is 4.38. The molecule has 0 bridgehead atoms. The molecule has 0 amide bonds. The molecule has 3 atom stereocenters. The predicted octanol–water partition coefficient (Wildman–Crippen LogP) is 3.05. The molecule has 2 rings (SSSR count). The Morgan fingerprint density at radius 3 is 2.94 bits per heavy atom. The van der Waals surface area contributed by atoms with Crippen molar-refractivity contribution in [3.8, 4) is 0 Å². The van der Waals surface area contributed by atoms with Gasteiger partial charge in [0.05, 0.1) is 5.60 Å². The van der Waals surface area contributed by atoms with Crippen LogP contribution in [0.15, 0.2) is 0 Å². The van der Waals surface area contributed by atoms with Crippen LogP contribution < -0.4 is 5.73 Å². The zero-order valence-corrected chi connectivity index (χ0v) is 12.1. The minimum Gasteiger partial charge on any atom is -0.374 e. The van der Waals surface area contributed by atoms with Crippen molar-refractivity contribution < 1.29 is 4.74 Å². The summed E-state index contributed by atoms with van der Waals surface area (Å²) >= 11 is 2.06. The molecule has 0 aromatic rings. The summed E-state index contributed by atoms with van der Waals surface area (Å²) in [5.41, 5.74) is 6.39. The van der Waals surface area contributed by atoms with Crippen LogP contribution in [0.25, 0.3) is 0 Å². The summed E-state index contributed by atoms with van der Waals surface area (Å²) in [7, 11) is 0. The Morgan fingerprint density at radius 2 is 2.29 bits per heavy atom. The highest BCUT2D eigenvalue weighted by molar-refractivity contribution is 7.99. The standard InChI is InChI=1S/C14H27NOS/c1-11(2)13(15)4-3-12-5-7-16-14(9-12)6-8-17-10-14/h11-13H,3-10,15H2,1-2H3. The third-order valence-electron chi connectivity index (χ3n) is 4.43. The smallest absolute Gasteiger partial charge is 0.0783 e. The van der Waals surface area contributed by atoms with Crippen LogP contribution in [-0.2, 0) is 4.74 Å². The van der Waals surface area contributed by atoms with Gasteiger partial charge in [0.2, 0.25) is 0 Å². The number of rotatable bonds is 4. The SMILES string of the molecule is CC(C)C(N)CCC1CCOC2(CCSC2)C1. The highest BCUT2D eigenvalue weighted by Crippen LogP contribution is 2.41. The summed E-state index contributed by atoms with van der Waals surface area (Å²) in [5, 5.41) is 0. The van der Waals surface area contributed by atoms with E-state index in [1.54, 1.807) is 0 Å². The van der Waals surface area contributed by atoms with Crippen molar-refractivity contribution in [1.29, 1.82) is 0 Å². The quantitative estimate of drug-likeness (QED) is 0.840. The zero-order chi connectivity index (χ0) is 12.3. The van der Waals surface area contributed by atoms with Crippen molar-refractivity contribution in [3.63, 3.8) is 0 Å². The van der Waals surface area contributed by atoms with Gasteiger partial charge in [0.1, 0.15) is 0 Å². The first-order valence-electron chi connectivity index (χ1n) is 7.09. The summed E-state index contributed by atoms with van der Waals surface area (Å²) < 4.78 is 6.06. The van der Waals surface area contributed by atoms with Crippen molar-refractivity contribution in [3.05, 3.63) is 0 Å². The lowest BCUT2D eigenvalue weighted by molar-refractivity contribution is -0.0810. The van der Waals surface area contributed by atoms with E-state index in [2.05, 4.69) is 25.6 Å². The van der Waals surface area contributed by atoms with E-state index < -0.39 is 0 Å². The Bertz CT molecular complexity index is 238. The first-order valence-corrected chi connectivity index (χ1v) is 8.24. The molecule has 2 heterocycles. The van der Waals surface area contributed by atoms with Crippen LogP contribution in [0.4, 0.5) is 0 Å². The van der Waals surface area contributed by atoms with Crippen molar-refractivity contribution in [2.75, 3.05) is 18.1 Å². The lowest BCUT2D eigenvalue weighted by atomic mass is 9.81. The molecule has 0 aliphatic carbocycles. The molecule has 2 N–H and O–H groups in total. The van der Waals surface area contributed by atoms with Gasteiger partial charge in [0, 0.05) is 18.4 Å². The van der Waals surface area contributed by atoms with Crippen LogP contribution >= 0.6 is 11.8 Å². The largest absolute Gasteiger partial charge is 0.374 e. The summed E-state index contributed by atoms with van der Waals surface area (Å²) in [4.78, 5) is 0. The molecule has 2 aliphatic rings. The van der Waals surface area contributed by atoms with Crippen molar-refractivity contribution in [2.45, 2.75) is 57.6 Å². The molecule has 0 aromatic heterocycles. The van der Waals surface area contributed by atoms with E-state index in [1.165, 1.54) is 43.6 Å². The van der Waals surface area contributed by atoms with E-state index in [9.17, 15) is 0 Å². The van der Waals surface area contributed by atoms with Crippen molar-refractivity contribution in [1.82, 2.24) is 0 Å². The fraction of sp³-hybridized carbons (Fsp3) is 1.00. The first kappa shape index (κ1) is 13.7. The van der Waals surface area contributed by atoms with Gasteiger partial charge < -0.3 is 10.5 Å². The van der Waals surface area contributed by atoms with E-state index in [-0.39, 0.29) is 5.60 Å². The second-order valence-electron chi connectivity index (χ2n) is 6.18. The Morgan fingerprint density at radius 1 is 1.47 bits per heavy atom. The van der Waals surface area contributed by atoms with Gasteiger partial charge in [-0.1, -0.05) is 13.8 Å². The van der Waals surface area contributed by atoms with Crippen LogP contribution in [0.2, 0.25) is 0 Å². The third-order valence-corrected chi connectivity index (χ3v) is 5.65. The van der Waals surface area contributed by atoms with Crippen LogP contribution in [0.3, 0.4) is 0 Å². The minimum absolute atomic E-state index is 0.246. The molecule has 2 aliphatic heterocycles. The van der Waals surface area contributed by atoms with E-state index in [4.69, 9.17) is 10.5 Å². The maximum Gasteiger partial charge on any atom is 0.0783 e. The molecule has 2 fully saturated rings. The van der Waals surface area contributed by atoms with E-state index >= 15 is 0 Å². The molecule has 2 nitrogen and oxygen atoms in total. The van der Waals surface area contributed by atoms with Crippen LogP contribution in [-0.4, -0.2) is 29.8 Å². The average Bonchev–Trinajstić information content (AvgIpc) is 2.74. The maximum absolute atomic E-state index is 6.14. The molecule has 2 saturated heterocycles. The van der Waals surface area contributed by atoms with Gasteiger partial charge in [-0.2, -0.15) is 11.8 Å². The van der Waals surface area contributed by atoms with Gasteiger partial charge in [-0.15, -0.1) is 0 Å². The highest BCUT2D eigenvalue weighted by Gasteiger charge is 2.40. The first-order chi connectivity index (χ1) is 8.11. The number of thioether (sulfide) groups is 1. The molecule has 0 saturated carbocycles. The Hall–Kier alpha value is 0.270. The molecule has 3 heteroatoms. The van der Waals surface area contributed by atoms with E-state index in [0.717, 1.165) is 12.5 Å². The Balaban J connectivity index is 1.77. The normalized spacial score (nSPS) is 35.6. The number of hydrogen-bond acceptors (Lipinski definition) is 3. The van der Waals surface area contributed by atoms with E-state index in [1.807, 2.05) is 0 Å². The van der Waals surface area contributed by atoms with Crippen LogP contribution in [0, 0.1) is 11.8 Å². The van der Waals surface area contributed by atoms with Crippen LogP contribution in [0.5, 0.6) is 0 Å². The molecular formula is C14H27NOS. The molecular weight excluding hydrogens is 230 g/mol. The number of hydrogen-bond donors (Lipinski definition) is 1. The number of nitrogens with two attached hydrogens (primary N) is 1. The molecule has 0 aromatic carbocycles. The minimum atomic E-state index is 0.246. The Kier molecular flexibility index (Phi) is 4.79. The van der Waals surface area contributed by atoms with Crippen molar-refractivity contribution in [2.24, 2.45) is 17.6 Å². The average molecular weight is 257 g/mol. The lowest BCUT2D eigenvalue weighted by Crippen LogP contribution is -2.40. The summed E-state index contributed by atoms with van der Waals surface area (Å²) in [6.45, 7) is 5.43. The Labute approximate surface area is 110 Å². The topological polar surface area (TPSA) is 35.2 Å². The van der Waals surface area contributed by atoms with Gasteiger partial charge in [-0.3, -0.25) is 0 Å². The maximum atomic E-state index is 6.14. The van der Waals surface area contributed by atoms with Gasteiger partial charge in [-0.25, -0.2) is 0 Å². The van der Waals surface area contributed by atoms with Gasteiger partial charge >= 0.3 is 0 Å². The zero-order valence-electron chi connectivity index (χ0n) is 11.3. The number of ether oxygens (including phenoxy) is 1. The summed E-state index contributed by atoms with van der Waals surface area (Å²) in [6.07, 6.45) is 6.28. The fourth-order valence-electron chi connectivity index (χ4n) is 3.00. The van der Waals surface area contributed by atoms with Gasteiger partial charge in [0.25, 0.3) is 0 Å². The van der Waals surface area contributed by atoms with Crippen LogP contribution in [0.1, 0.15) is 46.0 Å². The van der Waals surface area contributed by atoms with Gasteiger partial charge in [-0.05, 0) is 49.7 Å². The molecule has 1 spiro atoms. The van der Waals surface area contributed by atoms with Crippen molar-refractivity contribution >= 4 is 11.8 Å². The second kappa shape index (κ2) is 5.94. The molecule has 17 heavy (non-hydrogen) atoms. The predicted molar refractivity (Wildman–Crippen MR) is 75.4 cm³/mol. The summed E-state index contributed by atoms with van der Waals surface area (Å²) in [6, 6.07) is 0.381. The molecule has 0 radical (unpaired) electrons. The highest BCUT2D eigenvalue weighted by atomic mass is 32.2. The summed E-state index contributed by atoms with van der Waals surface area (Å²) in [5.74, 6) is 3.98. The lowest BCUT2D eigenvalue weighted by Gasteiger charge is -2.38. The van der Waals surface area contributed by atoms with Gasteiger partial charge in [0.15, 0.2) is 0 Å².